The van der Waals surface area contributed by atoms with Gasteiger partial charge in [0.05, 0.1) is 6.61 Å². The summed E-state index contributed by atoms with van der Waals surface area (Å²) in [6.45, 7) is 5.76. The average Bonchev–Trinajstić information content (AvgIpc) is 2.38. The van der Waals surface area contributed by atoms with Crippen molar-refractivity contribution in [3.63, 3.8) is 0 Å². The van der Waals surface area contributed by atoms with Crippen LogP contribution in [-0.4, -0.2) is 6.61 Å². The van der Waals surface area contributed by atoms with Crippen LogP contribution in [0.3, 0.4) is 0 Å². The zero-order valence-electron chi connectivity index (χ0n) is 11.9. The minimum atomic E-state index is 0.601. The molecular formula is C16H27NO. The highest BCUT2D eigenvalue weighted by Gasteiger charge is 1.99. The summed E-state index contributed by atoms with van der Waals surface area (Å²) in [4.78, 5) is 0. The second-order valence-corrected chi connectivity index (χ2v) is 4.91. The molecule has 0 amide bonds. The number of hydrogen-bond acceptors (Lipinski definition) is 2. The van der Waals surface area contributed by atoms with E-state index in [1.165, 1.54) is 43.2 Å². The smallest absolute Gasteiger partial charge is 0.119 e. The second kappa shape index (κ2) is 8.98. The molecule has 18 heavy (non-hydrogen) atoms. The number of nitrogens with two attached hydrogens (primary N) is 1. The molecule has 2 N–H and O–H groups in total. The maximum absolute atomic E-state index is 5.75. The molecular weight excluding hydrogens is 222 g/mol. The van der Waals surface area contributed by atoms with Gasteiger partial charge in [0.15, 0.2) is 0 Å². The van der Waals surface area contributed by atoms with E-state index in [2.05, 4.69) is 26.0 Å². The number of ether oxygens (including phenoxy) is 1. The quantitative estimate of drug-likeness (QED) is 0.666. The third-order valence-electron chi connectivity index (χ3n) is 3.30. The van der Waals surface area contributed by atoms with E-state index in [4.69, 9.17) is 10.5 Å². The van der Waals surface area contributed by atoms with E-state index in [0.29, 0.717) is 6.54 Å². The van der Waals surface area contributed by atoms with E-state index in [1.54, 1.807) is 0 Å². The van der Waals surface area contributed by atoms with Crippen molar-refractivity contribution in [1.29, 1.82) is 0 Å². The van der Waals surface area contributed by atoms with Crippen LogP contribution in [0.4, 0.5) is 0 Å². The summed E-state index contributed by atoms with van der Waals surface area (Å²) < 4.78 is 5.75. The normalized spacial score (nSPS) is 10.6. The van der Waals surface area contributed by atoms with Gasteiger partial charge in [0.25, 0.3) is 0 Å². The van der Waals surface area contributed by atoms with Crippen LogP contribution in [-0.2, 0) is 6.54 Å². The van der Waals surface area contributed by atoms with E-state index >= 15 is 0 Å². The molecule has 102 valence electrons. The van der Waals surface area contributed by atoms with E-state index in [9.17, 15) is 0 Å². The topological polar surface area (TPSA) is 35.2 Å². The lowest BCUT2D eigenvalue weighted by atomic mass is 10.1. The average molecular weight is 249 g/mol. The minimum Gasteiger partial charge on any atom is -0.494 e. The van der Waals surface area contributed by atoms with Crippen LogP contribution in [0.15, 0.2) is 18.2 Å². The highest BCUT2D eigenvalue weighted by molar-refractivity contribution is 5.34. The van der Waals surface area contributed by atoms with Crippen molar-refractivity contribution in [2.75, 3.05) is 6.61 Å². The second-order valence-electron chi connectivity index (χ2n) is 4.91. The first-order chi connectivity index (χ1) is 8.77. The van der Waals surface area contributed by atoms with Gasteiger partial charge < -0.3 is 10.5 Å². The predicted octanol–water partition coefficient (Wildman–Crippen LogP) is 4.19. The third-order valence-corrected chi connectivity index (χ3v) is 3.30. The molecule has 1 rings (SSSR count). The molecule has 0 saturated carbocycles. The molecule has 0 atom stereocenters. The fourth-order valence-corrected chi connectivity index (χ4v) is 2.06. The Morgan fingerprint density at radius 3 is 2.44 bits per heavy atom. The monoisotopic (exact) mass is 249 g/mol. The molecule has 0 saturated heterocycles. The van der Waals surface area contributed by atoms with Gasteiger partial charge in [-0.2, -0.15) is 0 Å². The molecule has 2 heteroatoms. The highest BCUT2D eigenvalue weighted by Crippen LogP contribution is 2.17. The standard InChI is InChI=1S/C16H27NO/c1-3-4-5-6-7-8-11-18-16-10-9-15(13-17)14(2)12-16/h9-10,12H,3-8,11,13,17H2,1-2H3. The van der Waals surface area contributed by atoms with Gasteiger partial charge in [-0.05, 0) is 36.6 Å². The van der Waals surface area contributed by atoms with Gasteiger partial charge >= 0.3 is 0 Å². The lowest BCUT2D eigenvalue weighted by Gasteiger charge is -2.09. The Morgan fingerprint density at radius 1 is 1.06 bits per heavy atom. The molecule has 1 aromatic carbocycles. The lowest BCUT2D eigenvalue weighted by molar-refractivity contribution is 0.304. The first-order valence-corrected chi connectivity index (χ1v) is 7.20. The summed E-state index contributed by atoms with van der Waals surface area (Å²) in [6, 6.07) is 6.16. The van der Waals surface area contributed by atoms with Gasteiger partial charge in [-0.25, -0.2) is 0 Å². The number of unbranched alkanes of at least 4 members (excludes halogenated alkanes) is 5. The van der Waals surface area contributed by atoms with Crippen molar-refractivity contribution >= 4 is 0 Å². The molecule has 0 aliphatic carbocycles. The van der Waals surface area contributed by atoms with Gasteiger partial charge in [0, 0.05) is 6.54 Å². The fourth-order valence-electron chi connectivity index (χ4n) is 2.06. The summed E-state index contributed by atoms with van der Waals surface area (Å²) in [5.41, 5.74) is 8.06. The molecule has 1 aromatic rings. The molecule has 2 nitrogen and oxygen atoms in total. The zero-order valence-corrected chi connectivity index (χ0v) is 11.9. The summed E-state index contributed by atoms with van der Waals surface area (Å²) in [5.74, 6) is 0.971. The van der Waals surface area contributed by atoms with Crippen LogP contribution in [0.2, 0.25) is 0 Å². The molecule has 0 aromatic heterocycles. The molecule has 0 bridgehead atoms. The maximum atomic E-state index is 5.75. The lowest BCUT2D eigenvalue weighted by Crippen LogP contribution is -2.01. The van der Waals surface area contributed by atoms with Gasteiger partial charge in [0.1, 0.15) is 5.75 Å². The van der Waals surface area contributed by atoms with E-state index < -0.39 is 0 Å². The summed E-state index contributed by atoms with van der Waals surface area (Å²) in [5, 5.41) is 0. The fraction of sp³-hybridized carbons (Fsp3) is 0.625. The number of hydrogen-bond donors (Lipinski definition) is 1. The Balaban J connectivity index is 2.17. The Hall–Kier alpha value is -1.02. The van der Waals surface area contributed by atoms with Crippen LogP contribution >= 0.6 is 0 Å². The van der Waals surface area contributed by atoms with Gasteiger partial charge in [-0.15, -0.1) is 0 Å². The first-order valence-electron chi connectivity index (χ1n) is 7.20. The summed E-state index contributed by atoms with van der Waals surface area (Å²) >= 11 is 0. The summed E-state index contributed by atoms with van der Waals surface area (Å²) in [6.07, 6.45) is 7.80. The van der Waals surface area contributed by atoms with Crippen molar-refractivity contribution in [2.45, 2.75) is 58.9 Å². The molecule has 0 aliphatic rings. The van der Waals surface area contributed by atoms with Gasteiger partial charge in [-0.1, -0.05) is 45.1 Å². The molecule has 0 heterocycles. The largest absolute Gasteiger partial charge is 0.494 e. The molecule has 0 spiro atoms. The van der Waals surface area contributed by atoms with Gasteiger partial charge in [-0.3, -0.25) is 0 Å². The van der Waals surface area contributed by atoms with Crippen molar-refractivity contribution in [3.8, 4) is 5.75 Å². The minimum absolute atomic E-state index is 0.601. The highest BCUT2D eigenvalue weighted by atomic mass is 16.5. The van der Waals surface area contributed by atoms with Crippen molar-refractivity contribution in [1.82, 2.24) is 0 Å². The zero-order chi connectivity index (χ0) is 13.2. The van der Waals surface area contributed by atoms with Crippen molar-refractivity contribution < 1.29 is 4.74 Å². The van der Waals surface area contributed by atoms with Crippen LogP contribution in [0.5, 0.6) is 5.75 Å². The van der Waals surface area contributed by atoms with E-state index in [0.717, 1.165) is 18.8 Å². The van der Waals surface area contributed by atoms with Crippen LogP contribution < -0.4 is 10.5 Å². The van der Waals surface area contributed by atoms with E-state index in [-0.39, 0.29) is 0 Å². The number of aryl methyl sites for hydroxylation is 1. The molecule has 0 fully saturated rings. The maximum Gasteiger partial charge on any atom is 0.119 e. The Labute approximate surface area is 112 Å². The van der Waals surface area contributed by atoms with Crippen LogP contribution in [0.1, 0.15) is 56.6 Å². The van der Waals surface area contributed by atoms with Gasteiger partial charge in [0.2, 0.25) is 0 Å². The molecule has 0 unspecified atom stereocenters. The van der Waals surface area contributed by atoms with Crippen LogP contribution in [0.25, 0.3) is 0 Å². The number of rotatable bonds is 9. The number of benzene rings is 1. The van der Waals surface area contributed by atoms with Crippen molar-refractivity contribution in [2.24, 2.45) is 5.73 Å². The predicted molar refractivity (Wildman–Crippen MR) is 77.9 cm³/mol. The Bertz CT molecular complexity index is 336. The molecule has 0 radical (unpaired) electrons. The third kappa shape index (κ3) is 5.54. The van der Waals surface area contributed by atoms with Crippen molar-refractivity contribution in [3.05, 3.63) is 29.3 Å². The Morgan fingerprint density at radius 2 is 1.78 bits per heavy atom. The molecule has 0 aliphatic heterocycles. The first kappa shape index (κ1) is 15.0. The van der Waals surface area contributed by atoms with E-state index in [1.807, 2.05) is 6.07 Å². The SMILES string of the molecule is CCCCCCCCOc1ccc(CN)c(C)c1. The van der Waals surface area contributed by atoms with Crippen LogP contribution in [0, 0.1) is 6.92 Å². The Kier molecular flexibility index (Phi) is 7.51. The summed E-state index contributed by atoms with van der Waals surface area (Å²) in [7, 11) is 0.